The Balaban J connectivity index is 2.28. The van der Waals surface area contributed by atoms with Crippen molar-refractivity contribution in [3.63, 3.8) is 0 Å². The van der Waals surface area contributed by atoms with Crippen molar-refractivity contribution in [1.82, 2.24) is 0 Å². The minimum absolute atomic E-state index is 0.181. The molecule has 0 saturated carbocycles. The zero-order valence-corrected chi connectivity index (χ0v) is 8.66. The summed E-state index contributed by atoms with van der Waals surface area (Å²) in [6.45, 7) is 4.37. The molecule has 0 aromatic carbocycles. The standard InChI is InChI=1S/C12H16O2/c1-12(2)6-10(5-11(13)7-12)9-3-4-14-8-9/h3-5,8,11,13H,6-7H2,1-2H3. The normalized spacial score (nSPS) is 25.9. The average Bonchev–Trinajstić information content (AvgIpc) is 2.51. The van der Waals surface area contributed by atoms with Gasteiger partial charge in [0.2, 0.25) is 0 Å². The van der Waals surface area contributed by atoms with Gasteiger partial charge in [0.15, 0.2) is 0 Å². The molecule has 76 valence electrons. The zero-order valence-electron chi connectivity index (χ0n) is 8.66. The summed E-state index contributed by atoms with van der Waals surface area (Å²) in [6.07, 6.45) is 6.88. The molecule has 1 unspecified atom stereocenters. The van der Waals surface area contributed by atoms with E-state index in [-0.39, 0.29) is 11.5 Å². The molecule has 1 aliphatic carbocycles. The SMILES string of the molecule is CC1(C)CC(c2ccoc2)=CC(O)C1. The fraction of sp³-hybridized carbons (Fsp3) is 0.500. The smallest absolute Gasteiger partial charge is 0.0977 e. The summed E-state index contributed by atoms with van der Waals surface area (Å²) in [4.78, 5) is 0. The molecule has 0 aliphatic heterocycles. The van der Waals surface area contributed by atoms with Gasteiger partial charge in [0, 0.05) is 5.56 Å². The van der Waals surface area contributed by atoms with Gasteiger partial charge < -0.3 is 9.52 Å². The Morgan fingerprint density at radius 1 is 1.50 bits per heavy atom. The van der Waals surface area contributed by atoms with E-state index in [1.807, 2.05) is 12.1 Å². The van der Waals surface area contributed by atoms with E-state index in [0.717, 1.165) is 18.4 Å². The van der Waals surface area contributed by atoms with Crippen LogP contribution in [-0.2, 0) is 0 Å². The van der Waals surface area contributed by atoms with Gasteiger partial charge in [-0.05, 0) is 29.9 Å². The first-order chi connectivity index (χ1) is 6.57. The summed E-state index contributed by atoms with van der Waals surface area (Å²) in [5.74, 6) is 0. The van der Waals surface area contributed by atoms with E-state index in [1.54, 1.807) is 12.5 Å². The van der Waals surface area contributed by atoms with Crippen molar-refractivity contribution in [3.8, 4) is 0 Å². The highest BCUT2D eigenvalue weighted by atomic mass is 16.3. The van der Waals surface area contributed by atoms with E-state index < -0.39 is 0 Å². The third-order valence-corrected chi connectivity index (χ3v) is 2.72. The van der Waals surface area contributed by atoms with Crippen LogP contribution in [0.4, 0.5) is 0 Å². The molecule has 0 amide bonds. The molecular formula is C12H16O2. The topological polar surface area (TPSA) is 33.4 Å². The van der Waals surface area contributed by atoms with Crippen LogP contribution in [0.3, 0.4) is 0 Å². The monoisotopic (exact) mass is 192 g/mol. The maximum atomic E-state index is 9.71. The number of rotatable bonds is 1. The first kappa shape index (κ1) is 9.53. The highest BCUT2D eigenvalue weighted by Gasteiger charge is 2.28. The number of furan rings is 1. The van der Waals surface area contributed by atoms with Crippen molar-refractivity contribution >= 4 is 5.57 Å². The van der Waals surface area contributed by atoms with Gasteiger partial charge in [-0.25, -0.2) is 0 Å². The molecule has 1 aromatic rings. The van der Waals surface area contributed by atoms with Crippen LogP contribution in [0.15, 0.2) is 29.1 Å². The minimum atomic E-state index is -0.316. The number of hydrogen-bond donors (Lipinski definition) is 1. The lowest BCUT2D eigenvalue weighted by Gasteiger charge is -2.32. The molecule has 0 bridgehead atoms. The first-order valence-corrected chi connectivity index (χ1v) is 4.98. The van der Waals surface area contributed by atoms with Crippen molar-refractivity contribution in [3.05, 3.63) is 30.2 Å². The maximum absolute atomic E-state index is 9.71. The maximum Gasteiger partial charge on any atom is 0.0977 e. The quantitative estimate of drug-likeness (QED) is 0.742. The van der Waals surface area contributed by atoms with Crippen LogP contribution in [0.25, 0.3) is 5.57 Å². The van der Waals surface area contributed by atoms with Gasteiger partial charge in [0.1, 0.15) is 0 Å². The first-order valence-electron chi connectivity index (χ1n) is 4.98. The summed E-state index contributed by atoms with van der Waals surface area (Å²) in [6, 6.07) is 1.94. The van der Waals surface area contributed by atoms with Crippen LogP contribution in [0, 0.1) is 5.41 Å². The molecule has 0 saturated heterocycles. The Morgan fingerprint density at radius 3 is 2.86 bits per heavy atom. The fourth-order valence-corrected chi connectivity index (χ4v) is 2.15. The summed E-state index contributed by atoms with van der Waals surface area (Å²) in [5, 5.41) is 9.71. The van der Waals surface area contributed by atoms with E-state index in [2.05, 4.69) is 13.8 Å². The van der Waals surface area contributed by atoms with Gasteiger partial charge in [-0.3, -0.25) is 0 Å². The van der Waals surface area contributed by atoms with E-state index in [9.17, 15) is 5.11 Å². The Labute approximate surface area is 84.2 Å². The molecule has 1 aromatic heterocycles. The van der Waals surface area contributed by atoms with Crippen LogP contribution in [0.2, 0.25) is 0 Å². The second kappa shape index (κ2) is 3.28. The fourth-order valence-electron chi connectivity index (χ4n) is 2.15. The summed E-state index contributed by atoms with van der Waals surface area (Å²) < 4.78 is 5.05. The molecule has 1 aliphatic rings. The van der Waals surface area contributed by atoms with E-state index in [4.69, 9.17) is 4.42 Å². The van der Waals surface area contributed by atoms with Gasteiger partial charge in [-0.15, -0.1) is 0 Å². The van der Waals surface area contributed by atoms with Gasteiger partial charge in [-0.2, -0.15) is 0 Å². The lowest BCUT2D eigenvalue weighted by atomic mass is 9.75. The molecule has 2 nitrogen and oxygen atoms in total. The minimum Gasteiger partial charge on any atom is -0.472 e. The van der Waals surface area contributed by atoms with Crippen molar-refractivity contribution < 1.29 is 9.52 Å². The van der Waals surface area contributed by atoms with Crippen LogP contribution in [-0.4, -0.2) is 11.2 Å². The molecule has 0 fully saturated rings. The van der Waals surface area contributed by atoms with Gasteiger partial charge >= 0.3 is 0 Å². The zero-order chi connectivity index (χ0) is 10.2. The Bertz CT molecular complexity index is 333. The predicted octanol–water partition coefficient (Wildman–Crippen LogP) is 2.84. The highest BCUT2D eigenvalue weighted by molar-refractivity contribution is 5.66. The Kier molecular flexibility index (Phi) is 2.23. The molecular weight excluding hydrogens is 176 g/mol. The van der Waals surface area contributed by atoms with Crippen molar-refractivity contribution in [1.29, 1.82) is 0 Å². The van der Waals surface area contributed by atoms with E-state index in [0.29, 0.717) is 0 Å². The molecule has 1 atom stereocenters. The number of aliphatic hydroxyl groups excluding tert-OH is 1. The molecule has 1 N–H and O–H groups in total. The molecule has 14 heavy (non-hydrogen) atoms. The lowest BCUT2D eigenvalue weighted by Crippen LogP contribution is -2.24. The molecule has 0 spiro atoms. The van der Waals surface area contributed by atoms with Crippen molar-refractivity contribution in [2.45, 2.75) is 32.8 Å². The number of aliphatic hydroxyl groups is 1. The van der Waals surface area contributed by atoms with Crippen molar-refractivity contribution in [2.24, 2.45) is 5.41 Å². The predicted molar refractivity (Wildman–Crippen MR) is 55.7 cm³/mol. The van der Waals surface area contributed by atoms with Gasteiger partial charge in [0.05, 0.1) is 18.6 Å². The third-order valence-electron chi connectivity index (χ3n) is 2.72. The Hall–Kier alpha value is -1.02. The molecule has 2 rings (SSSR count). The van der Waals surface area contributed by atoms with E-state index >= 15 is 0 Å². The largest absolute Gasteiger partial charge is 0.472 e. The summed E-state index contributed by atoms with van der Waals surface area (Å²) in [5.41, 5.74) is 2.47. The second-order valence-electron chi connectivity index (χ2n) is 4.82. The molecule has 0 radical (unpaired) electrons. The van der Waals surface area contributed by atoms with Gasteiger partial charge in [-0.1, -0.05) is 19.9 Å². The van der Waals surface area contributed by atoms with Gasteiger partial charge in [0.25, 0.3) is 0 Å². The third kappa shape index (κ3) is 1.90. The average molecular weight is 192 g/mol. The van der Waals surface area contributed by atoms with Crippen LogP contribution < -0.4 is 0 Å². The summed E-state index contributed by atoms with van der Waals surface area (Å²) in [7, 11) is 0. The molecule has 1 heterocycles. The number of hydrogen-bond acceptors (Lipinski definition) is 2. The lowest BCUT2D eigenvalue weighted by molar-refractivity contribution is 0.146. The second-order valence-corrected chi connectivity index (χ2v) is 4.82. The Morgan fingerprint density at radius 2 is 2.29 bits per heavy atom. The number of allylic oxidation sites excluding steroid dienone is 1. The van der Waals surface area contributed by atoms with Crippen LogP contribution in [0.1, 0.15) is 32.3 Å². The van der Waals surface area contributed by atoms with Crippen LogP contribution >= 0.6 is 0 Å². The van der Waals surface area contributed by atoms with Crippen molar-refractivity contribution in [2.75, 3.05) is 0 Å². The highest BCUT2D eigenvalue weighted by Crippen LogP contribution is 2.39. The summed E-state index contributed by atoms with van der Waals surface area (Å²) >= 11 is 0. The van der Waals surface area contributed by atoms with E-state index in [1.165, 1.54) is 5.57 Å². The molecule has 2 heteroatoms. The van der Waals surface area contributed by atoms with Crippen LogP contribution in [0.5, 0.6) is 0 Å².